The number of rotatable bonds is 7. The van der Waals surface area contributed by atoms with Gasteiger partial charge < -0.3 is 10.1 Å². The molecule has 1 atom stereocenters. The molecule has 3 aromatic carbocycles. The predicted octanol–water partition coefficient (Wildman–Crippen LogP) is 4.88. The number of likely N-dealkylation sites (tertiary alicyclic amines) is 1. The molecule has 3 aromatic rings. The lowest BCUT2D eigenvalue weighted by atomic mass is 9.99. The Morgan fingerprint density at radius 1 is 1.07 bits per heavy atom. The molecule has 0 saturated carbocycles. The van der Waals surface area contributed by atoms with Crippen molar-refractivity contribution < 1.29 is 9.53 Å². The van der Waals surface area contributed by atoms with Crippen molar-refractivity contribution in [2.75, 3.05) is 26.2 Å². The standard InChI is InChI=1S/C26H30N2O2/c1-20-6-5-16-28(18-20)19-21-11-13-23(14-12-21)26(29)27-15-17-30-25-10-4-8-22-7-2-3-9-24(22)25/h2-4,7-14,20H,5-6,15-19H2,1H3,(H,27,29). The van der Waals surface area contributed by atoms with Gasteiger partial charge in [-0.05, 0) is 54.5 Å². The Bertz CT molecular complexity index is 978. The Balaban J connectivity index is 1.25. The summed E-state index contributed by atoms with van der Waals surface area (Å²) in [4.78, 5) is 14.9. The second-order valence-electron chi connectivity index (χ2n) is 8.26. The minimum absolute atomic E-state index is 0.0605. The van der Waals surface area contributed by atoms with Crippen LogP contribution in [-0.4, -0.2) is 37.0 Å². The van der Waals surface area contributed by atoms with Crippen LogP contribution in [0.15, 0.2) is 66.7 Å². The smallest absolute Gasteiger partial charge is 0.251 e. The first-order chi connectivity index (χ1) is 14.7. The summed E-state index contributed by atoms with van der Waals surface area (Å²) in [7, 11) is 0. The summed E-state index contributed by atoms with van der Waals surface area (Å²) in [6.45, 7) is 6.53. The number of fused-ring (bicyclic) bond motifs is 1. The van der Waals surface area contributed by atoms with Crippen LogP contribution in [0.5, 0.6) is 5.75 Å². The summed E-state index contributed by atoms with van der Waals surface area (Å²) < 4.78 is 5.90. The van der Waals surface area contributed by atoms with Gasteiger partial charge in [0.15, 0.2) is 0 Å². The summed E-state index contributed by atoms with van der Waals surface area (Å²) in [5, 5.41) is 5.19. The summed E-state index contributed by atoms with van der Waals surface area (Å²) in [5.41, 5.74) is 1.95. The molecule has 4 heteroatoms. The summed E-state index contributed by atoms with van der Waals surface area (Å²) in [6.07, 6.45) is 2.61. The van der Waals surface area contributed by atoms with Gasteiger partial charge in [-0.3, -0.25) is 9.69 Å². The number of carbonyl (C=O) groups excluding carboxylic acids is 1. The Morgan fingerprint density at radius 2 is 1.87 bits per heavy atom. The molecule has 156 valence electrons. The Kier molecular flexibility index (Phi) is 6.65. The molecule has 4 nitrogen and oxygen atoms in total. The predicted molar refractivity (Wildman–Crippen MR) is 122 cm³/mol. The van der Waals surface area contributed by atoms with Crippen molar-refractivity contribution in [3.8, 4) is 5.75 Å². The van der Waals surface area contributed by atoms with Crippen molar-refractivity contribution in [1.29, 1.82) is 0 Å². The van der Waals surface area contributed by atoms with Crippen LogP contribution < -0.4 is 10.1 Å². The fourth-order valence-electron chi connectivity index (χ4n) is 4.20. The minimum Gasteiger partial charge on any atom is -0.491 e. The minimum atomic E-state index is -0.0605. The van der Waals surface area contributed by atoms with E-state index in [-0.39, 0.29) is 5.91 Å². The fourth-order valence-corrected chi connectivity index (χ4v) is 4.20. The lowest BCUT2D eigenvalue weighted by molar-refractivity contribution is 0.0947. The van der Waals surface area contributed by atoms with Gasteiger partial charge in [-0.1, -0.05) is 55.5 Å². The Hall–Kier alpha value is -2.85. The molecule has 0 radical (unpaired) electrons. The van der Waals surface area contributed by atoms with Crippen molar-refractivity contribution in [3.05, 3.63) is 77.9 Å². The molecule has 1 aliphatic heterocycles. The van der Waals surface area contributed by atoms with Crippen LogP contribution in [-0.2, 0) is 6.54 Å². The molecule has 30 heavy (non-hydrogen) atoms. The first-order valence-electron chi connectivity index (χ1n) is 10.9. The van der Waals surface area contributed by atoms with E-state index in [2.05, 4.69) is 47.5 Å². The zero-order valence-electron chi connectivity index (χ0n) is 17.6. The van der Waals surface area contributed by atoms with E-state index in [9.17, 15) is 4.79 Å². The number of benzene rings is 3. The van der Waals surface area contributed by atoms with E-state index in [0.29, 0.717) is 18.7 Å². The lowest BCUT2D eigenvalue weighted by Crippen LogP contribution is -2.33. The number of amides is 1. The molecule has 1 fully saturated rings. The van der Waals surface area contributed by atoms with E-state index < -0.39 is 0 Å². The zero-order chi connectivity index (χ0) is 20.8. The van der Waals surface area contributed by atoms with Crippen molar-refractivity contribution in [2.45, 2.75) is 26.3 Å². The number of nitrogens with zero attached hydrogens (tertiary/aromatic N) is 1. The van der Waals surface area contributed by atoms with Crippen molar-refractivity contribution in [3.63, 3.8) is 0 Å². The summed E-state index contributed by atoms with van der Waals surface area (Å²) >= 11 is 0. The molecule has 1 heterocycles. The Labute approximate surface area is 178 Å². The van der Waals surface area contributed by atoms with Gasteiger partial charge in [0.1, 0.15) is 12.4 Å². The molecule has 0 aliphatic carbocycles. The van der Waals surface area contributed by atoms with Gasteiger partial charge in [0.2, 0.25) is 0 Å². The van der Waals surface area contributed by atoms with Crippen LogP contribution in [0.1, 0.15) is 35.7 Å². The topological polar surface area (TPSA) is 41.6 Å². The molecular formula is C26H30N2O2. The fraction of sp³-hybridized carbons (Fsp3) is 0.346. The van der Waals surface area contributed by atoms with Gasteiger partial charge >= 0.3 is 0 Å². The lowest BCUT2D eigenvalue weighted by Gasteiger charge is -2.30. The molecule has 1 saturated heterocycles. The number of nitrogens with one attached hydrogen (secondary N) is 1. The van der Waals surface area contributed by atoms with Crippen LogP contribution in [0.4, 0.5) is 0 Å². The number of hydrogen-bond donors (Lipinski definition) is 1. The monoisotopic (exact) mass is 402 g/mol. The van der Waals surface area contributed by atoms with Gasteiger partial charge in [0.25, 0.3) is 5.91 Å². The molecule has 0 spiro atoms. The SMILES string of the molecule is CC1CCCN(Cc2ccc(C(=O)NCCOc3cccc4ccccc34)cc2)C1. The van der Waals surface area contributed by atoms with E-state index in [4.69, 9.17) is 4.74 Å². The third kappa shape index (κ3) is 5.19. The average molecular weight is 403 g/mol. The van der Waals surface area contributed by atoms with Crippen LogP contribution in [0.2, 0.25) is 0 Å². The average Bonchev–Trinajstić information content (AvgIpc) is 2.77. The van der Waals surface area contributed by atoms with Crippen LogP contribution >= 0.6 is 0 Å². The number of hydrogen-bond acceptors (Lipinski definition) is 3. The van der Waals surface area contributed by atoms with Gasteiger partial charge in [-0.2, -0.15) is 0 Å². The van der Waals surface area contributed by atoms with E-state index in [0.717, 1.165) is 29.0 Å². The molecule has 1 N–H and O–H groups in total. The van der Waals surface area contributed by atoms with Gasteiger partial charge in [0, 0.05) is 24.0 Å². The van der Waals surface area contributed by atoms with Gasteiger partial charge in [0.05, 0.1) is 6.54 Å². The second-order valence-corrected chi connectivity index (χ2v) is 8.26. The third-order valence-electron chi connectivity index (χ3n) is 5.76. The number of ether oxygens (including phenoxy) is 1. The van der Waals surface area contributed by atoms with Crippen molar-refractivity contribution in [2.24, 2.45) is 5.92 Å². The highest BCUT2D eigenvalue weighted by Crippen LogP contribution is 2.25. The maximum absolute atomic E-state index is 12.4. The van der Waals surface area contributed by atoms with E-state index in [1.165, 1.54) is 31.5 Å². The summed E-state index contributed by atoms with van der Waals surface area (Å²) in [6, 6.07) is 22.1. The summed E-state index contributed by atoms with van der Waals surface area (Å²) in [5.74, 6) is 1.56. The van der Waals surface area contributed by atoms with Crippen molar-refractivity contribution >= 4 is 16.7 Å². The third-order valence-corrected chi connectivity index (χ3v) is 5.76. The number of carbonyl (C=O) groups is 1. The molecule has 0 bridgehead atoms. The van der Waals surface area contributed by atoms with Crippen molar-refractivity contribution in [1.82, 2.24) is 10.2 Å². The van der Waals surface area contributed by atoms with Crippen LogP contribution in [0.25, 0.3) is 10.8 Å². The molecule has 0 aromatic heterocycles. The first kappa shape index (κ1) is 20.4. The largest absolute Gasteiger partial charge is 0.491 e. The normalized spacial score (nSPS) is 17.0. The maximum Gasteiger partial charge on any atom is 0.251 e. The molecule has 1 amide bonds. The molecule has 1 unspecified atom stereocenters. The molecular weight excluding hydrogens is 372 g/mol. The second kappa shape index (κ2) is 9.77. The molecule has 4 rings (SSSR count). The van der Waals surface area contributed by atoms with Gasteiger partial charge in [-0.15, -0.1) is 0 Å². The zero-order valence-corrected chi connectivity index (χ0v) is 17.6. The Morgan fingerprint density at radius 3 is 2.70 bits per heavy atom. The maximum atomic E-state index is 12.4. The van der Waals surface area contributed by atoms with Crippen LogP contribution in [0.3, 0.4) is 0 Å². The van der Waals surface area contributed by atoms with E-state index in [1.54, 1.807) is 0 Å². The van der Waals surface area contributed by atoms with Crippen LogP contribution in [0, 0.1) is 5.92 Å². The highest BCUT2D eigenvalue weighted by Gasteiger charge is 2.16. The first-order valence-corrected chi connectivity index (χ1v) is 10.9. The number of piperidine rings is 1. The van der Waals surface area contributed by atoms with E-state index >= 15 is 0 Å². The van der Waals surface area contributed by atoms with E-state index in [1.807, 2.05) is 36.4 Å². The quantitative estimate of drug-likeness (QED) is 0.573. The van der Waals surface area contributed by atoms with Gasteiger partial charge in [-0.25, -0.2) is 0 Å². The molecule has 1 aliphatic rings. The highest BCUT2D eigenvalue weighted by atomic mass is 16.5. The highest BCUT2D eigenvalue weighted by molar-refractivity contribution is 5.94.